The molecule has 0 spiro atoms. The number of carbonyl (C=O) groups is 2. The van der Waals surface area contributed by atoms with E-state index in [1.54, 1.807) is 36.4 Å². The molecule has 0 fully saturated rings. The van der Waals surface area contributed by atoms with Gasteiger partial charge in [0.2, 0.25) is 0 Å². The van der Waals surface area contributed by atoms with Crippen LogP contribution in [0.4, 0.5) is 0 Å². The molecule has 0 heterocycles. The van der Waals surface area contributed by atoms with Crippen LogP contribution in [0.1, 0.15) is 78.1 Å². The molecule has 4 heteroatoms. The van der Waals surface area contributed by atoms with Crippen molar-refractivity contribution in [3.63, 3.8) is 0 Å². The van der Waals surface area contributed by atoms with Gasteiger partial charge in [0.1, 0.15) is 11.3 Å². The summed E-state index contributed by atoms with van der Waals surface area (Å²) in [5, 5.41) is 0. The Morgan fingerprint density at radius 1 is 0.786 bits per heavy atom. The van der Waals surface area contributed by atoms with E-state index in [9.17, 15) is 9.59 Å². The summed E-state index contributed by atoms with van der Waals surface area (Å²) >= 11 is 0. The molecular weight excluding hydrogens is 352 g/mol. The topological polar surface area (TPSA) is 52.6 Å². The summed E-state index contributed by atoms with van der Waals surface area (Å²) in [7, 11) is 1.30. The lowest BCUT2D eigenvalue weighted by Crippen LogP contribution is -2.12. The molecule has 4 nitrogen and oxygen atoms in total. The van der Waals surface area contributed by atoms with Gasteiger partial charge < -0.3 is 9.47 Å². The first-order chi connectivity index (χ1) is 13.7. The quantitative estimate of drug-likeness (QED) is 0.272. The molecule has 0 aliphatic carbocycles. The molecular formula is C24H30O4. The lowest BCUT2D eigenvalue weighted by atomic mass is 10.0. The van der Waals surface area contributed by atoms with E-state index >= 15 is 0 Å². The van der Waals surface area contributed by atoms with Crippen LogP contribution >= 0.6 is 0 Å². The second-order valence-electron chi connectivity index (χ2n) is 6.95. The minimum Gasteiger partial charge on any atom is -0.465 e. The van der Waals surface area contributed by atoms with Crippen molar-refractivity contribution >= 4 is 11.9 Å². The third-order valence-electron chi connectivity index (χ3n) is 4.75. The van der Waals surface area contributed by atoms with E-state index in [0.717, 1.165) is 6.42 Å². The van der Waals surface area contributed by atoms with Crippen LogP contribution in [0.25, 0.3) is 0 Å². The van der Waals surface area contributed by atoms with Crippen molar-refractivity contribution in [2.24, 2.45) is 0 Å². The molecule has 0 aliphatic rings. The summed E-state index contributed by atoms with van der Waals surface area (Å²) in [6, 6.07) is 14.1. The molecule has 0 amide bonds. The number of unbranched alkanes of at least 4 members (excludes halogenated alkanes) is 6. The minimum atomic E-state index is -0.534. The lowest BCUT2D eigenvalue weighted by molar-refractivity contribution is 0.0593. The van der Waals surface area contributed by atoms with Gasteiger partial charge in [-0.3, -0.25) is 0 Å². The third-order valence-corrected chi connectivity index (χ3v) is 4.75. The zero-order chi connectivity index (χ0) is 20.2. The minimum absolute atomic E-state index is 0.200. The van der Waals surface area contributed by atoms with Gasteiger partial charge in [0.25, 0.3) is 0 Å². The van der Waals surface area contributed by atoms with Gasteiger partial charge in [-0.15, -0.1) is 0 Å². The first-order valence-electron chi connectivity index (χ1n) is 10.1. The fraction of sp³-hybridized carbons (Fsp3) is 0.417. The molecule has 0 saturated carbocycles. The van der Waals surface area contributed by atoms with Crippen molar-refractivity contribution in [1.82, 2.24) is 0 Å². The van der Waals surface area contributed by atoms with E-state index in [4.69, 9.17) is 9.47 Å². The van der Waals surface area contributed by atoms with E-state index in [1.165, 1.54) is 57.6 Å². The number of carbonyl (C=O) groups excluding carboxylic acids is 2. The summed E-state index contributed by atoms with van der Waals surface area (Å²) in [4.78, 5) is 24.2. The molecule has 0 atom stereocenters. The average molecular weight is 383 g/mol. The largest absolute Gasteiger partial charge is 0.465 e. The van der Waals surface area contributed by atoms with Crippen molar-refractivity contribution in [2.75, 3.05) is 7.11 Å². The van der Waals surface area contributed by atoms with Crippen molar-refractivity contribution in [2.45, 2.75) is 58.3 Å². The van der Waals surface area contributed by atoms with Gasteiger partial charge in [-0.05, 0) is 42.7 Å². The molecule has 0 radical (unpaired) electrons. The second kappa shape index (κ2) is 12.0. The van der Waals surface area contributed by atoms with Crippen molar-refractivity contribution in [3.8, 4) is 5.75 Å². The molecule has 28 heavy (non-hydrogen) atoms. The van der Waals surface area contributed by atoms with E-state index in [2.05, 4.69) is 6.92 Å². The predicted molar refractivity (Wildman–Crippen MR) is 111 cm³/mol. The van der Waals surface area contributed by atoms with Gasteiger partial charge in [0, 0.05) is 0 Å². The molecule has 2 aromatic rings. The fourth-order valence-electron chi connectivity index (χ4n) is 3.09. The highest BCUT2D eigenvalue weighted by atomic mass is 16.5. The van der Waals surface area contributed by atoms with Crippen LogP contribution < -0.4 is 4.74 Å². The SMILES string of the molecule is CCCCCCCCCc1ccc(C(=O)Oc2ccccc2C(=O)OC)cc1. The third kappa shape index (κ3) is 6.84. The predicted octanol–water partition coefficient (Wildman–Crippen LogP) is 5.99. The Morgan fingerprint density at radius 3 is 2.11 bits per heavy atom. The first-order valence-corrected chi connectivity index (χ1v) is 10.1. The Labute approximate surface area is 167 Å². The molecule has 2 rings (SSSR count). The molecule has 0 aromatic heterocycles. The number of para-hydroxylation sites is 1. The van der Waals surface area contributed by atoms with Gasteiger partial charge in [-0.2, -0.15) is 0 Å². The molecule has 0 saturated heterocycles. The first kappa shape index (κ1) is 21.7. The Kier molecular flexibility index (Phi) is 9.26. The number of esters is 2. The number of benzene rings is 2. The van der Waals surface area contributed by atoms with Crippen LogP contribution in [0.15, 0.2) is 48.5 Å². The molecule has 2 aromatic carbocycles. The van der Waals surface area contributed by atoms with E-state index in [0.29, 0.717) is 5.56 Å². The fourth-order valence-corrected chi connectivity index (χ4v) is 3.09. The van der Waals surface area contributed by atoms with Gasteiger partial charge in [-0.1, -0.05) is 69.7 Å². The normalized spacial score (nSPS) is 10.5. The molecule has 0 N–H and O–H groups in total. The Hall–Kier alpha value is -2.62. The maximum absolute atomic E-state index is 12.4. The number of hydrogen-bond donors (Lipinski definition) is 0. The maximum Gasteiger partial charge on any atom is 0.343 e. The molecule has 150 valence electrons. The zero-order valence-electron chi connectivity index (χ0n) is 16.9. The maximum atomic E-state index is 12.4. The van der Waals surface area contributed by atoms with Crippen LogP contribution in [0.2, 0.25) is 0 Å². The highest BCUT2D eigenvalue weighted by molar-refractivity contribution is 5.96. The van der Waals surface area contributed by atoms with Crippen molar-refractivity contribution in [1.29, 1.82) is 0 Å². The summed E-state index contributed by atoms with van der Waals surface area (Å²) < 4.78 is 10.1. The van der Waals surface area contributed by atoms with Crippen molar-refractivity contribution in [3.05, 3.63) is 65.2 Å². The Morgan fingerprint density at radius 2 is 1.43 bits per heavy atom. The summed E-state index contributed by atoms with van der Waals surface area (Å²) in [5.41, 5.74) is 1.91. The zero-order valence-corrected chi connectivity index (χ0v) is 16.9. The number of aryl methyl sites for hydroxylation is 1. The lowest BCUT2D eigenvalue weighted by Gasteiger charge is -2.09. The van der Waals surface area contributed by atoms with Crippen LogP contribution in [-0.2, 0) is 11.2 Å². The van der Waals surface area contributed by atoms with E-state index in [-0.39, 0.29) is 11.3 Å². The number of hydrogen-bond acceptors (Lipinski definition) is 4. The number of methoxy groups -OCH3 is 1. The van der Waals surface area contributed by atoms with E-state index in [1.807, 2.05) is 12.1 Å². The van der Waals surface area contributed by atoms with Gasteiger partial charge >= 0.3 is 11.9 Å². The highest BCUT2D eigenvalue weighted by Gasteiger charge is 2.16. The highest BCUT2D eigenvalue weighted by Crippen LogP contribution is 2.20. The van der Waals surface area contributed by atoms with Gasteiger partial charge in [0.15, 0.2) is 0 Å². The summed E-state index contributed by atoms with van der Waals surface area (Å²) in [6.45, 7) is 2.23. The molecule has 0 bridgehead atoms. The molecule has 0 aliphatic heterocycles. The number of rotatable bonds is 11. The van der Waals surface area contributed by atoms with Gasteiger partial charge in [-0.25, -0.2) is 9.59 Å². The summed E-state index contributed by atoms with van der Waals surface area (Å²) in [6.07, 6.45) is 10.0. The smallest absolute Gasteiger partial charge is 0.343 e. The average Bonchev–Trinajstić information content (AvgIpc) is 2.73. The second-order valence-corrected chi connectivity index (χ2v) is 6.95. The monoisotopic (exact) mass is 382 g/mol. The van der Waals surface area contributed by atoms with Crippen LogP contribution in [0.3, 0.4) is 0 Å². The number of ether oxygens (including phenoxy) is 2. The summed E-state index contributed by atoms with van der Waals surface area (Å²) in [5.74, 6) is -0.821. The van der Waals surface area contributed by atoms with Gasteiger partial charge in [0.05, 0.1) is 12.7 Å². The Balaban J connectivity index is 1.85. The van der Waals surface area contributed by atoms with Crippen LogP contribution in [-0.4, -0.2) is 19.0 Å². The molecule has 0 unspecified atom stereocenters. The van der Waals surface area contributed by atoms with Crippen molar-refractivity contribution < 1.29 is 19.1 Å². The Bertz CT molecular complexity index is 749. The van der Waals surface area contributed by atoms with Crippen LogP contribution in [0.5, 0.6) is 5.75 Å². The standard InChI is InChI=1S/C24H30O4/c1-3-4-5-6-7-8-9-12-19-15-17-20(18-16-19)23(25)28-22-14-11-10-13-21(22)24(26)27-2/h10-11,13-18H,3-9,12H2,1-2H3. The van der Waals surface area contributed by atoms with Crippen LogP contribution in [0, 0.1) is 0 Å². The van der Waals surface area contributed by atoms with E-state index < -0.39 is 11.9 Å².